The predicted molar refractivity (Wildman–Crippen MR) is 64.5 cm³/mol. The molecular weight excluding hydrogens is 186 g/mol. The Balaban J connectivity index is 2.65. The third-order valence-corrected chi connectivity index (χ3v) is 2.43. The Morgan fingerprint density at radius 2 is 2.13 bits per heavy atom. The standard InChI is InChI=1S/C12H21N3/c1-4-8-15(10(2)3)9-11-6-5-7-12(13)14-11/h5-7,10H,4,8-9H2,1-3H3,(H2,13,14). The molecule has 0 spiro atoms. The summed E-state index contributed by atoms with van der Waals surface area (Å²) in [6.07, 6.45) is 1.17. The van der Waals surface area contributed by atoms with Crippen molar-refractivity contribution in [3.05, 3.63) is 23.9 Å². The molecule has 0 aliphatic heterocycles. The van der Waals surface area contributed by atoms with E-state index in [1.54, 1.807) is 0 Å². The average Bonchev–Trinajstić information content (AvgIpc) is 2.17. The van der Waals surface area contributed by atoms with Gasteiger partial charge < -0.3 is 5.73 Å². The van der Waals surface area contributed by atoms with Gasteiger partial charge in [0.15, 0.2) is 0 Å². The molecule has 0 fully saturated rings. The van der Waals surface area contributed by atoms with E-state index in [1.165, 1.54) is 6.42 Å². The summed E-state index contributed by atoms with van der Waals surface area (Å²) in [7, 11) is 0. The topological polar surface area (TPSA) is 42.1 Å². The molecular formula is C12H21N3. The van der Waals surface area contributed by atoms with Gasteiger partial charge in [-0.3, -0.25) is 4.90 Å². The van der Waals surface area contributed by atoms with Crippen LogP contribution in [-0.2, 0) is 6.54 Å². The Kier molecular flexibility index (Phi) is 4.56. The van der Waals surface area contributed by atoms with Crippen LogP contribution in [0.1, 0.15) is 32.9 Å². The van der Waals surface area contributed by atoms with Crippen LogP contribution in [-0.4, -0.2) is 22.5 Å². The van der Waals surface area contributed by atoms with Gasteiger partial charge in [0.1, 0.15) is 5.82 Å². The van der Waals surface area contributed by atoms with Gasteiger partial charge in [-0.25, -0.2) is 4.98 Å². The van der Waals surface area contributed by atoms with E-state index in [2.05, 4.69) is 30.7 Å². The fourth-order valence-electron chi connectivity index (χ4n) is 1.60. The minimum absolute atomic E-state index is 0.549. The average molecular weight is 207 g/mol. The van der Waals surface area contributed by atoms with Crippen molar-refractivity contribution in [3.63, 3.8) is 0 Å². The van der Waals surface area contributed by atoms with Crippen molar-refractivity contribution in [2.24, 2.45) is 0 Å². The van der Waals surface area contributed by atoms with Gasteiger partial charge in [0.2, 0.25) is 0 Å². The van der Waals surface area contributed by atoms with Crippen LogP contribution in [0.25, 0.3) is 0 Å². The molecule has 0 bridgehead atoms. The second kappa shape index (κ2) is 5.71. The maximum absolute atomic E-state index is 5.65. The summed E-state index contributed by atoms with van der Waals surface area (Å²) < 4.78 is 0. The largest absolute Gasteiger partial charge is 0.384 e. The maximum Gasteiger partial charge on any atom is 0.123 e. The van der Waals surface area contributed by atoms with Gasteiger partial charge in [0.05, 0.1) is 5.69 Å². The molecule has 1 aromatic heterocycles. The summed E-state index contributed by atoms with van der Waals surface area (Å²) in [6.45, 7) is 8.61. The minimum atomic E-state index is 0.549. The number of hydrogen-bond acceptors (Lipinski definition) is 3. The lowest BCUT2D eigenvalue weighted by Crippen LogP contribution is -2.31. The van der Waals surface area contributed by atoms with Crippen molar-refractivity contribution in [1.82, 2.24) is 9.88 Å². The molecule has 1 heterocycles. The summed E-state index contributed by atoms with van der Waals surface area (Å²) in [6, 6.07) is 6.36. The molecule has 0 aliphatic rings. The molecule has 1 aromatic rings. The number of nitrogens with zero attached hydrogens (tertiary/aromatic N) is 2. The zero-order valence-corrected chi connectivity index (χ0v) is 9.90. The lowest BCUT2D eigenvalue weighted by atomic mass is 10.2. The minimum Gasteiger partial charge on any atom is -0.384 e. The molecule has 0 radical (unpaired) electrons. The van der Waals surface area contributed by atoms with Crippen LogP contribution < -0.4 is 5.73 Å². The smallest absolute Gasteiger partial charge is 0.123 e. The molecule has 0 saturated heterocycles. The van der Waals surface area contributed by atoms with E-state index in [9.17, 15) is 0 Å². The molecule has 0 aromatic carbocycles. The molecule has 0 aliphatic carbocycles. The van der Waals surface area contributed by atoms with Crippen molar-refractivity contribution < 1.29 is 0 Å². The van der Waals surface area contributed by atoms with Crippen LogP contribution in [0.3, 0.4) is 0 Å². The lowest BCUT2D eigenvalue weighted by molar-refractivity contribution is 0.211. The number of pyridine rings is 1. The van der Waals surface area contributed by atoms with Gasteiger partial charge in [-0.1, -0.05) is 13.0 Å². The SMILES string of the molecule is CCCN(Cc1cccc(N)n1)C(C)C. The summed E-state index contributed by atoms with van der Waals surface area (Å²) >= 11 is 0. The quantitative estimate of drug-likeness (QED) is 0.805. The van der Waals surface area contributed by atoms with Crippen LogP contribution in [0.2, 0.25) is 0 Å². The second-order valence-electron chi connectivity index (χ2n) is 4.12. The Bertz CT molecular complexity index is 297. The highest BCUT2D eigenvalue weighted by molar-refractivity contribution is 5.28. The number of rotatable bonds is 5. The molecule has 3 nitrogen and oxygen atoms in total. The predicted octanol–water partition coefficient (Wildman–Crippen LogP) is 2.28. The molecule has 3 heteroatoms. The molecule has 0 unspecified atom stereocenters. The fourth-order valence-corrected chi connectivity index (χ4v) is 1.60. The molecule has 0 saturated carbocycles. The number of nitrogen functional groups attached to an aromatic ring is 1. The molecule has 15 heavy (non-hydrogen) atoms. The molecule has 2 N–H and O–H groups in total. The molecule has 84 valence electrons. The van der Waals surface area contributed by atoms with Crippen molar-refractivity contribution in [1.29, 1.82) is 0 Å². The summed E-state index contributed by atoms with van der Waals surface area (Å²) in [4.78, 5) is 6.72. The zero-order chi connectivity index (χ0) is 11.3. The van der Waals surface area contributed by atoms with Gasteiger partial charge in [-0.15, -0.1) is 0 Å². The number of nitrogens with two attached hydrogens (primary N) is 1. The highest BCUT2D eigenvalue weighted by Crippen LogP contribution is 2.08. The van der Waals surface area contributed by atoms with Crippen LogP contribution in [0.4, 0.5) is 5.82 Å². The van der Waals surface area contributed by atoms with Crippen LogP contribution in [0.5, 0.6) is 0 Å². The van der Waals surface area contributed by atoms with E-state index in [-0.39, 0.29) is 0 Å². The van der Waals surface area contributed by atoms with Crippen molar-refractivity contribution in [2.75, 3.05) is 12.3 Å². The van der Waals surface area contributed by atoms with Gasteiger partial charge >= 0.3 is 0 Å². The van der Waals surface area contributed by atoms with Gasteiger partial charge in [-0.2, -0.15) is 0 Å². The Labute approximate surface area is 92.3 Å². The number of hydrogen-bond donors (Lipinski definition) is 1. The van der Waals surface area contributed by atoms with E-state index >= 15 is 0 Å². The Morgan fingerprint density at radius 1 is 1.40 bits per heavy atom. The third kappa shape index (κ3) is 3.88. The summed E-state index contributed by atoms with van der Waals surface area (Å²) in [5.74, 6) is 0.604. The first kappa shape index (κ1) is 12.0. The molecule has 0 amide bonds. The third-order valence-electron chi connectivity index (χ3n) is 2.43. The zero-order valence-electron chi connectivity index (χ0n) is 9.90. The first-order chi connectivity index (χ1) is 7.13. The number of aromatic nitrogens is 1. The first-order valence-corrected chi connectivity index (χ1v) is 5.59. The number of anilines is 1. The van der Waals surface area contributed by atoms with Crippen LogP contribution >= 0.6 is 0 Å². The van der Waals surface area contributed by atoms with E-state index in [0.717, 1.165) is 18.8 Å². The van der Waals surface area contributed by atoms with Crippen molar-refractivity contribution >= 4 is 5.82 Å². The Morgan fingerprint density at radius 3 is 2.67 bits per heavy atom. The fraction of sp³-hybridized carbons (Fsp3) is 0.583. The van der Waals surface area contributed by atoms with Crippen LogP contribution in [0.15, 0.2) is 18.2 Å². The highest BCUT2D eigenvalue weighted by Gasteiger charge is 2.09. The first-order valence-electron chi connectivity index (χ1n) is 5.59. The highest BCUT2D eigenvalue weighted by atomic mass is 15.1. The summed E-state index contributed by atoms with van der Waals surface area (Å²) in [5.41, 5.74) is 6.71. The molecule has 0 atom stereocenters. The summed E-state index contributed by atoms with van der Waals surface area (Å²) in [5, 5.41) is 0. The molecule has 1 rings (SSSR count). The van der Waals surface area contributed by atoms with E-state index in [0.29, 0.717) is 11.9 Å². The van der Waals surface area contributed by atoms with E-state index in [1.807, 2.05) is 18.2 Å². The van der Waals surface area contributed by atoms with Gasteiger partial charge in [0, 0.05) is 12.6 Å². The monoisotopic (exact) mass is 207 g/mol. The lowest BCUT2D eigenvalue weighted by Gasteiger charge is -2.25. The van der Waals surface area contributed by atoms with Gasteiger partial charge in [-0.05, 0) is 38.9 Å². The van der Waals surface area contributed by atoms with Crippen molar-refractivity contribution in [2.45, 2.75) is 39.8 Å². The second-order valence-corrected chi connectivity index (χ2v) is 4.12. The Hall–Kier alpha value is -1.09. The van der Waals surface area contributed by atoms with Crippen molar-refractivity contribution in [3.8, 4) is 0 Å². The maximum atomic E-state index is 5.65. The van der Waals surface area contributed by atoms with Crippen LogP contribution in [0, 0.1) is 0 Å². The normalized spacial score (nSPS) is 11.3. The van der Waals surface area contributed by atoms with Gasteiger partial charge in [0.25, 0.3) is 0 Å². The van der Waals surface area contributed by atoms with E-state index < -0.39 is 0 Å². The van der Waals surface area contributed by atoms with E-state index in [4.69, 9.17) is 5.73 Å².